The van der Waals surface area contributed by atoms with Crippen molar-refractivity contribution in [2.45, 2.75) is 31.9 Å². The van der Waals surface area contributed by atoms with Crippen molar-refractivity contribution < 1.29 is 22.8 Å². The zero-order valence-electron chi connectivity index (χ0n) is 13.6. The molecular weight excluding hydrogens is 351 g/mol. The first-order valence-electron chi connectivity index (χ1n) is 7.75. The van der Waals surface area contributed by atoms with Crippen molar-refractivity contribution in [1.82, 2.24) is 5.32 Å². The second kappa shape index (κ2) is 8.29. The lowest BCUT2D eigenvalue weighted by molar-refractivity contribution is -0.137. The summed E-state index contributed by atoms with van der Waals surface area (Å²) in [5.74, 6) is -0.452. The minimum atomic E-state index is -4.39. The molecule has 0 bridgehead atoms. The quantitative estimate of drug-likeness (QED) is 0.722. The van der Waals surface area contributed by atoms with E-state index in [1.54, 1.807) is 12.1 Å². The normalized spacial score (nSPS) is 12.6. The SMILES string of the molecule is CC(=O)NCC(CCC(=O)c1cccs1)c1ccc(C(F)(F)F)cc1. The van der Waals surface area contributed by atoms with E-state index >= 15 is 0 Å². The third kappa shape index (κ3) is 5.70. The van der Waals surface area contributed by atoms with Crippen molar-refractivity contribution in [3.05, 3.63) is 57.8 Å². The van der Waals surface area contributed by atoms with Crippen LogP contribution in [0.25, 0.3) is 0 Å². The number of rotatable bonds is 7. The van der Waals surface area contributed by atoms with E-state index in [2.05, 4.69) is 5.32 Å². The van der Waals surface area contributed by atoms with Crippen LogP contribution in [-0.4, -0.2) is 18.2 Å². The summed E-state index contributed by atoms with van der Waals surface area (Å²) in [4.78, 5) is 24.0. The van der Waals surface area contributed by atoms with Crippen LogP contribution in [0.2, 0.25) is 0 Å². The molecule has 0 aliphatic carbocycles. The standard InChI is InChI=1S/C18H18F3NO2S/c1-12(23)22-11-14(6-9-16(24)17-3-2-10-25-17)13-4-7-15(8-5-13)18(19,20)21/h2-5,7-8,10,14H,6,9,11H2,1H3,(H,22,23). The van der Waals surface area contributed by atoms with Crippen LogP contribution in [0.5, 0.6) is 0 Å². The Morgan fingerprint density at radius 2 is 1.84 bits per heavy atom. The third-order valence-corrected chi connectivity index (χ3v) is 4.73. The van der Waals surface area contributed by atoms with E-state index in [-0.39, 0.29) is 30.6 Å². The van der Waals surface area contributed by atoms with Crippen LogP contribution in [0, 0.1) is 0 Å². The number of hydrogen-bond acceptors (Lipinski definition) is 3. The van der Waals surface area contributed by atoms with E-state index in [9.17, 15) is 22.8 Å². The molecule has 0 saturated carbocycles. The number of benzene rings is 1. The van der Waals surface area contributed by atoms with Crippen LogP contribution in [0.4, 0.5) is 13.2 Å². The summed E-state index contributed by atoms with van der Waals surface area (Å²) >= 11 is 1.36. The van der Waals surface area contributed by atoms with Crippen LogP contribution in [0.15, 0.2) is 41.8 Å². The smallest absolute Gasteiger partial charge is 0.356 e. The molecule has 1 unspecified atom stereocenters. The zero-order chi connectivity index (χ0) is 18.4. The maximum absolute atomic E-state index is 12.7. The topological polar surface area (TPSA) is 46.2 Å². The fraction of sp³-hybridized carbons (Fsp3) is 0.333. The lowest BCUT2D eigenvalue weighted by Crippen LogP contribution is -2.26. The van der Waals surface area contributed by atoms with E-state index in [1.807, 2.05) is 5.38 Å². The highest BCUT2D eigenvalue weighted by Crippen LogP contribution is 2.31. The van der Waals surface area contributed by atoms with Gasteiger partial charge in [0.1, 0.15) is 0 Å². The Labute approximate surface area is 147 Å². The molecule has 0 aliphatic heterocycles. The van der Waals surface area contributed by atoms with Crippen molar-refractivity contribution >= 4 is 23.0 Å². The fourth-order valence-electron chi connectivity index (χ4n) is 2.46. The molecule has 25 heavy (non-hydrogen) atoms. The van der Waals surface area contributed by atoms with Gasteiger partial charge in [-0.2, -0.15) is 13.2 Å². The number of halogens is 3. The molecule has 1 atom stereocenters. The van der Waals surface area contributed by atoms with Crippen molar-refractivity contribution in [3.63, 3.8) is 0 Å². The molecule has 0 radical (unpaired) electrons. The molecule has 1 N–H and O–H groups in total. The Morgan fingerprint density at radius 3 is 2.36 bits per heavy atom. The number of amides is 1. The molecule has 3 nitrogen and oxygen atoms in total. The van der Waals surface area contributed by atoms with Gasteiger partial charge in [-0.15, -0.1) is 11.3 Å². The number of alkyl halides is 3. The van der Waals surface area contributed by atoms with Gasteiger partial charge in [-0.3, -0.25) is 9.59 Å². The summed E-state index contributed by atoms with van der Waals surface area (Å²) in [6.45, 7) is 1.65. The third-order valence-electron chi connectivity index (χ3n) is 3.82. The molecule has 0 fully saturated rings. The highest BCUT2D eigenvalue weighted by molar-refractivity contribution is 7.12. The van der Waals surface area contributed by atoms with E-state index in [4.69, 9.17) is 0 Å². The van der Waals surface area contributed by atoms with Crippen LogP contribution >= 0.6 is 11.3 Å². The molecule has 1 heterocycles. The van der Waals surface area contributed by atoms with Crippen molar-refractivity contribution in [3.8, 4) is 0 Å². The average Bonchev–Trinajstić information content (AvgIpc) is 3.08. The van der Waals surface area contributed by atoms with Gasteiger partial charge in [0.2, 0.25) is 5.91 Å². The van der Waals surface area contributed by atoms with Gasteiger partial charge in [0, 0.05) is 25.8 Å². The molecule has 0 aliphatic rings. The van der Waals surface area contributed by atoms with Crippen LogP contribution in [0.3, 0.4) is 0 Å². The Kier molecular flexibility index (Phi) is 6.36. The highest BCUT2D eigenvalue weighted by Gasteiger charge is 2.30. The first-order valence-corrected chi connectivity index (χ1v) is 8.63. The first-order chi connectivity index (χ1) is 11.8. The predicted molar refractivity (Wildman–Crippen MR) is 90.8 cm³/mol. The van der Waals surface area contributed by atoms with Gasteiger partial charge in [-0.05, 0) is 35.6 Å². The molecular formula is C18H18F3NO2S. The molecule has 1 aromatic heterocycles. The maximum atomic E-state index is 12.7. The molecule has 7 heteroatoms. The van der Waals surface area contributed by atoms with Gasteiger partial charge < -0.3 is 5.32 Å². The monoisotopic (exact) mass is 369 g/mol. The van der Waals surface area contributed by atoms with Gasteiger partial charge in [0.15, 0.2) is 5.78 Å². The number of nitrogens with one attached hydrogen (secondary N) is 1. The Bertz CT molecular complexity index is 709. The summed E-state index contributed by atoms with van der Waals surface area (Å²) in [6.07, 6.45) is -3.67. The summed E-state index contributed by atoms with van der Waals surface area (Å²) in [5.41, 5.74) is -0.0510. The maximum Gasteiger partial charge on any atom is 0.416 e. The van der Waals surface area contributed by atoms with Gasteiger partial charge in [0.25, 0.3) is 0 Å². The van der Waals surface area contributed by atoms with Gasteiger partial charge >= 0.3 is 6.18 Å². The second-order valence-electron chi connectivity index (χ2n) is 5.69. The number of ketones is 1. The van der Waals surface area contributed by atoms with Gasteiger partial charge in [0.05, 0.1) is 10.4 Å². The van der Waals surface area contributed by atoms with Crippen LogP contribution in [-0.2, 0) is 11.0 Å². The van der Waals surface area contributed by atoms with E-state index in [1.165, 1.54) is 30.4 Å². The van der Waals surface area contributed by atoms with Crippen molar-refractivity contribution in [1.29, 1.82) is 0 Å². The number of thiophene rings is 1. The molecule has 0 saturated heterocycles. The van der Waals surface area contributed by atoms with Crippen molar-refractivity contribution in [2.24, 2.45) is 0 Å². The minimum absolute atomic E-state index is 0.00487. The number of hydrogen-bond donors (Lipinski definition) is 1. The van der Waals surface area contributed by atoms with Crippen molar-refractivity contribution in [2.75, 3.05) is 6.54 Å². The lowest BCUT2D eigenvalue weighted by Gasteiger charge is -2.18. The number of Topliss-reactive ketones (excluding diaryl/α,β-unsaturated/α-hetero) is 1. The minimum Gasteiger partial charge on any atom is -0.356 e. The Balaban J connectivity index is 2.09. The number of carbonyl (C=O) groups excluding carboxylic acids is 2. The summed E-state index contributed by atoms with van der Waals surface area (Å²) in [7, 11) is 0. The summed E-state index contributed by atoms with van der Waals surface area (Å²) in [5, 5.41) is 4.49. The molecule has 1 aromatic carbocycles. The van der Waals surface area contributed by atoms with E-state index in [0.717, 1.165) is 12.1 Å². The number of carbonyl (C=O) groups is 2. The Hall–Kier alpha value is -2.15. The average molecular weight is 369 g/mol. The van der Waals surface area contributed by atoms with Crippen LogP contribution in [0.1, 0.15) is 46.5 Å². The Morgan fingerprint density at radius 1 is 1.16 bits per heavy atom. The zero-order valence-corrected chi connectivity index (χ0v) is 14.4. The van der Waals surface area contributed by atoms with E-state index < -0.39 is 11.7 Å². The summed E-state index contributed by atoms with van der Waals surface area (Å²) in [6, 6.07) is 8.40. The van der Waals surface area contributed by atoms with Gasteiger partial charge in [-0.25, -0.2) is 0 Å². The van der Waals surface area contributed by atoms with Gasteiger partial charge in [-0.1, -0.05) is 18.2 Å². The first kappa shape index (κ1) is 19.2. The molecule has 2 aromatic rings. The lowest BCUT2D eigenvalue weighted by atomic mass is 9.92. The molecule has 2 rings (SSSR count). The predicted octanol–water partition coefficient (Wildman–Crippen LogP) is 4.65. The fourth-order valence-corrected chi connectivity index (χ4v) is 3.16. The molecule has 1 amide bonds. The highest BCUT2D eigenvalue weighted by atomic mass is 32.1. The summed E-state index contributed by atoms with van der Waals surface area (Å²) < 4.78 is 38.1. The largest absolute Gasteiger partial charge is 0.416 e. The second-order valence-corrected chi connectivity index (χ2v) is 6.64. The molecule has 134 valence electrons. The van der Waals surface area contributed by atoms with Crippen LogP contribution < -0.4 is 5.32 Å². The van der Waals surface area contributed by atoms with E-state index in [0.29, 0.717) is 16.9 Å². The molecule has 0 spiro atoms.